The molecular formula is C13H16Cl2N2O3. The van der Waals surface area contributed by atoms with Crippen molar-refractivity contribution in [2.24, 2.45) is 0 Å². The van der Waals surface area contributed by atoms with Gasteiger partial charge in [0.2, 0.25) is 0 Å². The Morgan fingerprint density at radius 2 is 1.90 bits per heavy atom. The number of benzene rings is 1. The smallest absolute Gasteiger partial charge is 0.294 e. The lowest BCUT2D eigenvalue weighted by atomic mass is 9.91. The Morgan fingerprint density at radius 1 is 1.30 bits per heavy atom. The topological polar surface area (TPSA) is 66.6 Å². The van der Waals surface area contributed by atoms with Gasteiger partial charge in [-0.15, -0.1) is 0 Å². The Balaban J connectivity index is 2.39. The minimum Gasteiger partial charge on any atom is -0.391 e. The molecule has 1 aliphatic rings. The Kier molecular flexibility index (Phi) is 4.73. The first kappa shape index (κ1) is 15.4. The largest absolute Gasteiger partial charge is 0.391 e. The number of aliphatic hydroxyl groups excluding tert-OH is 1. The van der Waals surface area contributed by atoms with E-state index in [1.807, 2.05) is 0 Å². The summed E-state index contributed by atoms with van der Waals surface area (Å²) in [5, 5.41) is 21.7. The van der Waals surface area contributed by atoms with Gasteiger partial charge in [0.1, 0.15) is 5.69 Å². The fraction of sp³-hybridized carbons (Fsp3) is 0.538. The second-order valence-corrected chi connectivity index (χ2v) is 5.86. The van der Waals surface area contributed by atoms with E-state index in [9.17, 15) is 15.2 Å². The summed E-state index contributed by atoms with van der Waals surface area (Å²) in [5.74, 6) is 0. The van der Waals surface area contributed by atoms with Gasteiger partial charge in [-0.3, -0.25) is 10.1 Å². The van der Waals surface area contributed by atoms with Gasteiger partial charge in [0.25, 0.3) is 5.69 Å². The molecule has 110 valence electrons. The van der Waals surface area contributed by atoms with Crippen LogP contribution < -0.4 is 4.90 Å². The highest BCUT2D eigenvalue weighted by molar-refractivity contribution is 6.42. The zero-order valence-electron chi connectivity index (χ0n) is 11.1. The molecule has 7 heteroatoms. The lowest BCUT2D eigenvalue weighted by molar-refractivity contribution is -0.384. The molecule has 0 aromatic heterocycles. The van der Waals surface area contributed by atoms with Crippen molar-refractivity contribution in [2.45, 2.75) is 37.8 Å². The molecule has 1 N–H and O–H groups in total. The minimum absolute atomic E-state index is 0.0975. The summed E-state index contributed by atoms with van der Waals surface area (Å²) in [7, 11) is 1.74. The van der Waals surface area contributed by atoms with E-state index in [-0.39, 0.29) is 21.8 Å². The molecule has 1 aromatic carbocycles. The molecule has 0 saturated heterocycles. The predicted octanol–water partition coefficient (Wildman–Crippen LogP) is 3.64. The van der Waals surface area contributed by atoms with Crippen LogP contribution in [0, 0.1) is 10.1 Å². The van der Waals surface area contributed by atoms with Crippen LogP contribution in [0.15, 0.2) is 12.1 Å². The summed E-state index contributed by atoms with van der Waals surface area (Å²) in [6.45, 7) is 0. The third-order valence-electron chi connectivity index (χ3n) is 3.79. The van der Waals surface area contributed by atoms with Crippen LogP contribution >= 0.6 is 23.2 Å². The molecule has 5 nitrogen and oxygen atoms in total. The van der Waals surface area contributed by atoms with Crippen LogP contribution in [-0.4, -0.2) is 29.2 Å². The number of likely N-dealkylation sites (N-methyl/N-ethyl adjacent to an activating group) is 1. The van der Waals surface area contributed by atoms with Crippen LogP contribution in [0.4, 0.5) is 11.4 Å². The summed E-state index contributed by atoms with van der Waals surface area (Å²) in [4.78, 5) is 12.4. The van der Waals surface area contributed by atoms with Crippen LogP contribution in [0.25, 0.3) is 0 Å². The van der Waals surface area contributed by atoms with Crippen molar-refractivity contribution in [2.75, 3.05) is 11.9 Å². The van der Waals surface area contributed by atoms with Gasteiger partial charge in [-0.2, -0.15) is 0 Å². The fourth-order valence-electron chi connectivity index (χ4n) is 2.68. The molecular weight excluding hydrogens is 303 g/mol. The summed E-state index contributed by atoms with van der Waals surface area (Å²) in [6.07, 6.45) is 3.01. The lowest BCUT2D eigenvalue weighted by Crippen LogP contribution is -2.43. The van der Waals surface area contributed by atoms with E-state index in [0.717, 1.165) is 19.3 Å². The highest BCUT2D eigenvalue weighted by Crippen LogP contribution is 2.38. The maximum atomic E-state index is 11.2. The average Bonchev–Trinajstić information content (AvgIpc) is 2.41. The summed E-state index contributed by atoms with van der Waals surface area (Å²) < 4.78 is 0. The molecule has 0 heterocycles. The molecule has 0 aliphatic heterocycles. The molecule has 0 amide bonds. The number of hydrogen-bond acceptors (Lipinski definition) is 4. The van der Waals surface area contributed by atoms with Crippen LogP contribution in [0.5, 0.6) is 0 Å². The number of rotatable bonds is 3. The van der Waals surface area contributed by atoms with Gasteiger partial charge in [0, 0.05) is 13.1 Å². The van der Waals surface area contributed by atoms with Gasteiger partial charge in [-0.05, 0) is 18.9 Å². The van der Waals surface area contributed by atoms with Gasteiger partial charge in [-0.1, -0.05) is 36.0 Å². The quantitative estimate of drug-likeness (QED) is 0.682. The molecule has 2 unspecified atom stereocenters. The maximum absolute atomic E-state index is 11.2. The Labute approximate surface area is 127 Å². The van der Waals surface area contributed by atoms with Crippen molar-refractivity contribution in [1.29, 1.82) is 0 Å². The number of nitro benzene ring substituents is 1. The van der Waals surface area contributed by atoms with Crippen LogP contribution in [0.3, 0.4) is 0 Å². The van der Waals surface area contributed by atoms with E-state index in [0.29, 0.717) is 12.1 Å². The van der Waals surface area contributed by atoms with E-state index in [1.54, 1.807) is 11.9 Å². The van der Waals surface area contributed by atoms with Crippen LogP contribution in [-0.2, 0) is 0 Å². The van der Waals surface area contributed by atoms with Crippen molar-refractivity contribution in [3.8, 4) is 0 Å². The van der Waals surface area contributed by atoms with Gasteiger partial charge in [0.05, 0.1) is 27.1 Å². The molecule has 0 spiro atoms. The Hall–Kier alpha value is -1.04. The highest BCUT2D eigenvalue weighted by Gasteiger charge is 2.30. The van der Waals surface area contributed by atoms with Crippen molar-refractivity contribution >= 4 is 34.6 Å². The van der Waals surface area contributed by atoms with E-state index >= 15 is 0 Å². The number of nitro groups is 1. The third kappa shape index (κ3) is 3.00. The second-order valence-electron chi connectivity index (χ2n) is 5.04. The van der Waals surface area contributed by atoms with Crippen molar-refractivity contribution < 1.29 is 10.0 Å². The predicted molar refractivity (Wildman–Crippen MR) is 79.8 cm³/mol. The van der Waals surface area contributed by atoms with Gasteiger partial charge < -0.3 is 10.0 Å². The minimum atomic E-state index is -0.484. The second kappa shape index (κ2) is 6.16. The first-order valence-electron chi connectivity index (χ1n) is 6.46. The first-order chi connectivity index (χ1) is 9.41. The number of aliphatic hydroxyl groups is 1. The Morgan fingerprint density at radius 3 is 2.50 bits per heavy atom. The number of anilines is 1. The summed E-state index contributed by atoms with van der Waals surface area (Å²) in [6, 6.07) is 2.61. The van der Waals surface area contributed by atoms with Gasteiger partial charge >= 0.3 is 0 Å². The Bertz CT molecular complexity index is 525. The summed E-state index contributed by atoms with van der Waals surface area (Å²) in [5.41, 5.74) is 0.287. The SMILES string of the molecule is CN(c1cc(Cl)c(Cl)cc1[N+](=O)[O-])C1CCCCC1O. The average molecular weight is 319 g/mol. The van der Waals surface area contributed by atoms with Crippen LogP contribution in [0.1, 0.15) is 25.7 Å². The third-order valence-corrected chi connectivity index (χ3v) is 4.51. The zero-order chi connectivity index (χ0) is 14.9. The highest BCUT2D eigenvalue weighted by atomic mass is 35.5. The van der Waals surface area contributed by atoms with E-state index < -0.39 is 11.0 Å². The molecule has 20 heavy (non-hydrogen) atoms. The molecule has 1 saturated carbocycles. The normalized spacial score (nSPS) is 22.6. The standard InChI is InChI=1S/C13H16Cl2N2O3/c1-16(10-4-2-3-5-13(10)18)11-6-8(14)9(15)7-12(11)17(19)20/h6-7,10,13,18H,2-5H2,1H3. The van der Waals surface area contributed by atoms with Crippen molar-refractivity contribution in [3.63, 3.8) is 0 Å². The number of hydrogen-bond donors (Lipinski definition) is 1. The van der Waals surface area contributed by atoms with Crippen molar-refractivity contribution in [3.05, 3.63) is 32.3 Å². The molecule has 2 rings (SSSR count). The van der Waals surface area contributed by atoms with E-state index in [2.05, 4.69) is 0 Å². The van der Waals surface area contributed by atoms with Crippen molar-refractivity contribution in [1.82, 2.24) is 0 Å². The maximum Gasteiger partial charge on any atom is 0.294 e. The van der Waals surface area contributed by atoms with E-state index in [4.69, 9.17) is 23.2 Å². The summed E-state index contributed by atoms with van der Waals surface area (Å²) >= 11 is 11.8. The first-order valence-corrected chi connectivity index (χ1v) is 7.21. The van der Waals surface area contributed by atoms with E-state index in [1.165, 1.54) is 12.1 Å². The number of halogens is 2. The lowest BCUT2D eigenvalue weighted by Gasteiger charge is -2.36. The van der Waals surface area contributed by atoms with Crippen LogP contribution in [0.2, 0.25) is 10.0 Å². The molecule has 1 fully saturated rings. The molecule has 0 bridgehead atoms. The molecule has 1 aliphatic carbocycles. The fourth-order valence-corrected chi connectivity index (χ4v) is 2.99. The van der Waals surface area contributed by atoms with Gasteiger partial charge in [-0.25, -0.2) is 0 Å². The zero-order valence-corrected chi connectivity index (χ0v) is 12.6. The molecule has 1 aromatic rings. The molecule has 0 radical (unpaired) electrons. The monoisotopic (exact) mass is 318 g/mol. The molecule has 2 atom stereocenters. The number of nitrogens with zero attached hydrogens (tertiary/aromatic N) is 2. The van der Waals surface area contributed by atoms with Gasteiger partial charge in [0.15, 0.2) is 0 Å².